The number of aromatic nitrogens is 2. The molecule has 0 bridgehead atoms. The predicted molar refractivity (Wildman–Crippen MR) is 75.8 cm³/mol. The molecule has 0 N–H and O–H groups in total. The van der Waals surface area contributed by atoms with Crippen LogP contribution < -0.4 is 0 Å². The first-order chi connectivity index (χ1) is 8.60. The largest absolute Gasteiger partial charge is 0.274 e. The van der Waals surface area contributed by atoms with E-state index in [4.69, 9.17) is 0 Å². The van der Waals surface area contributed by atoms with Gasteiger partial charge in [-0.25, -0.2) is 0 Å². The highest BCUT2D eigenvalue weighted by atomic mass is 15.2. The predicted octanol–water partition coefficient (Wildman–Crippen LogP) is 3.35. The third-order valence-corrected chi connectivity index (χ3v) is 3.10. The Bertz CT molecular complexity index is 556. The first kappa shape index (κ1) is 12.6. The van der Waals surface area contributed by atoms with E-state index in [-0.39, 0.29) is 0 Å². The van der Waals surface area contributed by atoms with Gasteiger partial charge >= 0.3 is 0 Å². The van der Waals surface area contributed by atoms with Crippen molar-refractivity contribution in [3.8, 4) is 0 Å². The number of aliphatic imine (C=N–C) groups is 1. The summed E-state index contributed by atoms with van der Waals surface area (Å²) < 4.78 is 1.76. The summed E-state index contributed by atoms with van der Waals surface area (Å²) in [6.07, 6.45) is 6.67. The Hall–Kier alpha value is -1.90. The van der Waals surface area contributed by atoms with Gasteiger partial charge in [0.1, 0.15) is 5.69 Å². The van der Waals surface area contributed by atoms with Crippen LogP contribution in [0.5, 0.6) is 0 Å². The molecule has 0 amide bonds. The number of hydrogen-bond donors (Lipinski definition) is 0. The highest BCUT2D eigenvalue weighted by Crippen LogP contribution is 2.17. The normalized spacial score (nSPS) is 11.3. The number of nitrogens with zero attached hydrogens (tertiary/aromatic N) is 3. The summed E-state index contributed by atoms with van der Waals surface area (Å²) in [7, 11) is 1.89. The number of benzene rings is 1. The van der Waals surface area contributed by atoms with Crippen LogP contribution >= 0.6 is 0 Å². The van der Waals surface area contributed by atoms with Crippen molar-refractivity contribution < 1.29 is 0 Å². The van der Waals surface area contributed by atoms with Gasteiger partial charge in [0.05, 0.1) is 12.4 Å². The standard InChI is InChI=1S/C15H19N3/c1-5-13-6-11(2)15(12(3)7-13)9-16-14-8-17-18(4)10-14/h6-10H,5H2,1-4H3. The quantitative estimate of drug-likeness (QED) is 0.758. The maximum atomic E-state index is 4.47. The van der Waals surface area contributed by atoms with Crippen LogP contribution in [0.2, 0.25) is 0 Å². The third-order valence-electron chi connectivity index (χ3n) is 3.10. The van der Waals surface area contributed by atoms with Crippen LogP contribution in [0.1, 0.15) is 29.2 Å². The van der Waals surface area contributed by atoms with Crippen LogP contribution in [0.15, 0.2) is 29.5 Å². The van der Waals surface area contributed by atoms with Gasteiger partial charge in [-0.3, -0.25) is 9.67 Å². The van der Waals surface area contributed by atoms with E-state index in [1.165, 1.54) is 22.3 Å². The zero-order valence-electron chi connectivity index (χ0n) is 11.4. The van der Waals surface area contributed by atoms with Gasteiger partial charge in [0.25, 0.3) is 0 Å². The highest BCUT2D eigenvalue weighted by molar-refractivity contribution is 5.85. The van der Waals surface area contributed by atoms with E-state index in [1.807, 2.05) is 19.5 Å². The summed E-state index contributed by atoms with van der Waals surface area (Å²) in [6, 6.07) is 4.47. The lowest BCUT2D eigenvalue weighted by Gasteiger charge is -2.07. The summed E-state index contributed by atoms with van der Waals surface area (Å²) in [5.41, 5.74) is 6.02. The monoisotopic (exact) mass is 241 g/mol. The van der Waals surface area contributed by atoms with E-state index in [9.17, 15) is 0 Å². The molecule has 0 spiro atoms. The molecule has 0 fully saturated rings. The van der Waals surface area contributed by atoms with Crippen molar-refractivity contribution in [2.45, 2.75) is 27.2 Å². The molecule has 0 saturated heterocycles. The average molecular weight is 241 g/mol. The van der Waals surface area contributed by atoms with Crippen molar-refractivity contribution in [3.63, 3.8) is 0 Å². The van der Waals surface area contributed by atoms with Crippen molar-refractivity contribution in [2.75, 3.05) is 0 Å². The molecule has 94 valence electrons. The molecule has 2 rings (SSSR count). The molecular weight excluding hydrogens is 222 g/mol. The SMILES string of the molecule is CCc1cc(C)c(C=Nc2cnn(C)c2)c(C)c1. The van der Waals surface area contributed by atoms with Crippen molar-refractivity contribution in [1.82, 2.24) is 9.78 Å². The molecule has 0 aliphatic heterocycles. The topological polar surface area (TPSA) is 30.2 Å². The molecule has 18 heavy (non-hydrogen) atoms. The minimum absolute atomic E-state index is 0.885. The summed E-state index contributed by atoms with van der Waals surface area (Å²) >= 11 is 0. The van der Waals surface area contributed by atoms with Crippen molar-refractivity contribution in [3.05, 3.63) is 46.8 Å². The average Bonchev–Trinajstić information content (AvgIpc) is 2.73. The van der Waals surface area contributed by atoms with Crippen LogP contribution in [0.4, 0.5) is 5.69 Å². The minimum atomic E-state index is 0.885. The van der Waals surface area contributed by atoms with Gasteiger partial charge in [0.15, 0.2) is 0 Å². The van der Waals surface area contributed by atoms with Crippen LogP contribution in [-0.2, 0) is 13.5 Å². The second-order valence-electron chi connectivity index (χ2n) is 4.63. The molecule has 1 heterocycles. The molecule has 3 nitrogen and oxygen atoms in total. The Kier molecular flexibility index (Phi) is 3.60. The van der Waals surface area contributed by atoms with Gasteiger partial charge in [0, 0.05) is 13.3 Å². The lowest BCUT2D eigenvalue weighted by atomic mass is 9.99. The fourth-order valence-electron chi connectivity index (χ4n) is 2.09. The Morgan fingerprint density at radius 1 is 1.28 bits per heavy atom. The van der Waals surface area contributed by atoms with Crippen LogP contribution in [0.25, 0.3) is 0 Å². The van der Waals surface area contributed by atoms with E-state index in [2.05, 4.69) is 43.0 Å². The summed E-state index contributed by atoms with van der Waals surface area (Å²) in [5, 5.41) is 4.10. The zero-order valence-corrected chi connectivity index (χ0v) is 11.4. The Morgan fingerprint density at radius 2 is 1.94 bits per heavy atom. The molecule has 0 aliphatic carbocycles. The second kappa shape index (κ2) is 5.17. The van der Waals surface area contributed by atoms with E-state index in [1.54, 1.807) is 10.9 Å². The number of rotatable bonds is 3. The smallest absolute Gasteiger partial charge is 0.101 e. The fourth-order valence-corrected chi connectivity index (χ4v) is 2.09. The molecule has 0 aliphatic rings. The maximum absolute atomic E-state index is 4.47. The molecule has 1 aromatic heterocycles. The molecular formula is C15H19N3. The van der Waals surface area contributed by atoms with Gasteiger partial charge in [-0.1, -0.05) is 19.1 Å². The zero-order chi connectivity index (χ0) is 13.1. The van der Waals surface area contributed by atoms with Gasteiger partial charge in [-0.2, -0.15) is 5.10 Å². The second-order valence-corrected chi connectivity index (χ2v) is 4.63. The molecule has 0 saturated carbocycles. The molecule has 2 aromatic rings. The lowest BCUT2D eigenvalue weighted by Crippen LogP contribution is -1.94. The molecule has 0 atom stereocenters. The van der Waals surface area contributed by atoms with Gasteiger partial charge < -0.3 is 0 Å². The minimum Gasteiger partial charge on any atom is -0.274 e. The maximum Gasteiger partial charge on any atom is 0.101 e. The lowest BCUT2D eigenvalue weighted by molar-refractivity contribution is 0.768. The van der Waals surface area contributed by atoms with Gasteiger partial charge in [-0.15, -0.1) is 0 Å². The van der Waals surface area contributed by atoms with E-state index in [0.717, 1.165) is 12.1 Å². The molecule has 0 unspecified atom stereocenters. The Labute approximate surface area is 108 Å². The summed E-state index contributed by atoms with van der Waals surface area (Å²) in [5.74, 6) is 0. The van der Waals surface area contributed by atoms with Crippen molar-refractivity contribution in [1.29, 1.82) is 0 Å². The fraction of sp³-hybridized carbons (Fsp3) is 0.333. The van der Waals surface area contributed by atoms with Crippen molar-refractivity contribution in [2.24, 2.45) is 12.0 Å². The molecule has 1 aromatic carbocycles. The first-order valence-electron chi connectivity index (χ1n) is 6.23. The number of aryl methyl sites for hydroxylation is 4. The van der Waals surface area contributed by atoms with Crippen molar-refractivity contribution >= 4 is 11.9 Å². The highest BCUT2D eigenvalue weighted by Gasteiger charge is 2.02. The van der Waals surface area contributed by atoms with E-state index in [0.29, 0.717) is 0 Å². The van der Waals surface area contributed by atoms with Crippen LogP contribution in [0.3, 0.4) is 0 Å². The Morgan fingerprint density at radius 3 is 2.44 bits per heavy atom. The van der Waals surface area contributed by atoms with Crippen LogP contribution in [0, 0.1) is 13.8 Å². The van der Waals surface area contributed by atoms with Gasteiger partial charge in [-0.05, 0) is 42.5 Å². The summed E-state index contributed by atoms with van der Waals surface area (Å²) in [4.78, 5) is 4.47. The van der Waals surface area contributed by atoms with Crippen LogP contribution in [-0.4, -0.2) is 16.0 Å². The first-order valence-corrected chi connectivity index (χ1v) is 6.23. The molecule has 3 heteroatoms. The summed E-state index contributed by atoms with van der Waals surface area (Å²) in [6.45, 7) is 6.45. The van der Waals surface area contributed by atoms with E-state index < -0.39 is 0 Å². The third kappa shape index (κ3) is 2.67. The van der Waals surface area contributed by atoms with E-state index >= 15 is 0 Å². The van der Waals surface area contributed by atoms with Gasteiger partial charge in [0.2, 0.25) is 0 Å². The Balaban J connectivity index is 2.31. The number of hydrogen-bond acceptors (Lipinski definition) is 2. The molecule has 0 radical (unpaired) electrons.